The zero-order valence-corrected chi connectivity index (χ0v) is 17.1. The molecule has 30 heavy (non-hydrogen) atoms. The zero-order valence-electron chi connectivity index (χ0n) is 17.1. The maximum absolute atomic E-state index is 11.6. The lowest BCUT2D eigenvalue weighted by molar-refractivity contribution is 0.0962. The van der Waals surface area contributed by atoms with E-state index in [2.05, 4.69) is 54.4 Å². The predicted molar refractivity (Wildman–Crippen MR) is 117 cm³/mol. The van der Waals surface area contributed by atoms with E-state index in [1.807, 2.05) is 38.2 Å². The van der Waals surface area contributed by atoms with Crippen LogP contribution in [0.15, 0.2) is 60.9 Å². The summed E-state index contributed by atoms with van der Waals surface area (Å²) in [5, 5.41) is 3.58. The first-order valence-corrected chi connectivity index (χ1v) is 9.64. The van der Waals surface area contributed by atoms with Gasteiger partial charge in [-0.3, -0.25) is 4.79 Å². The fraction of sp³-hybridized carbons (Fsp3) is 0.174. The number of carbonyl (C=O) groups excluding carboxylic acids is 1. The number of amides is 1. The normalized spacial score (nSPS) is 10.8. The first kappa shape index (κ1) is 19.4. The fourth-order valence-electron chi connectivity index (χ4n) is 3.28. The first-order valence-electron chi connectivity index (χ1n) is 9.64. The molecule has 0 aliphatic carbocycles. The maximum Gasteiger partial charge on any atom is 0.254 e. The van der Waals surface area contributed by atoms with Crippen LogP contribution in [-0.2, 0) is 6.42 Å². The van der Waals surface area contributed by atoms with Gasteiger partial charge >= 0.3 is 0 Å². The van der Waals surface area contributed by atoms with Crippen molar-refractivity contribution >= 4 is 28.3 Å². The zero-order chi connectivity index (χ0) is 21.1. The Balaban J connectivity index is 1.54. The van der Waals surface area contributed by atoms with Crippen LogP contribution in [0.25, 0.3) is 10.9 Å². The molecular formula is C23H22N6O. The maximum atomic E-state index is 11.6. The number of nitrogens with one attached hydrogen (secondary N) is 1. The summed E-state index contributed by atoms with van der Waals surface area (Å²) in [5.74, 6) is 2.09. The second-order valence-electron chi connectivity index (χ2n) is 6.98. The van der Waals surface area contributed by atoms with Gasteiger partial charge in [-0.05, 0) is 36.8 Å². The van der Waals surface area contributed by atoms with Crippen molar-refractivity contribution in [1.82, 2.24) is 25.3 Å². The smallest absolute Gasteiger partial charge is 0.254 e. The highest BCUT2D eigenvalue weighted by Crippen LogP contribution is 2.29. The number of benzene rings is 2. The van der Waals surface area contributed by atoms with Gasteiger partial charge in [-0.1, -0.05) is 24.3 Å². The van der Waals surface area contributed by atoms with E-state index in [0.29, 0.717) is 17.8 Å². The van der Waals surface area contributed by atoms with Gasteiger partial charge in [0, 0.05) is 44.0 Å². The van der Waals surface area contributed by atoms with Gasteiger partial charge in [-0.15, -0.1) is 0 Å². The summed E-state index contributed by atoms with van der Waals surface area (Å²) in [7, 11) is 3.59. The van der Waals surface area contributed by atoms with Crippen LogP contribution in [-0.4, -0.2) is 39.9 Å². The van der Waals surface area contributed by atoms with Crippen molar-refractivity contribution in [2.45, 2.75) is 13.3 Å². The van der Waals surface area contributed by atoms with E-state index in [-0.39, 0.29) is 5.91 Å². The molecule has 0 aliphatic rings. The van der Waals surface area contributed by atoms with Crippen molar-refractivity contribution in [3.05, 3.63) is 83.7 Å². The number of hydrogen-bond acceptors (Lipinski definition) is 6. The highest BCUT2D eigenvalue weighted by atomic mass is 16.1. The Kier molecular flexibility index (Phi) is 5.34. The quantitative estimate of drug-likeness (QED) is 0.554. The van der Waals surface area contributed by atoms with Crippen LogP contribution in [0.3, 0.4) is 0 Å². The third-order valence-electron chi connectivity index (χ3n) is 4.89. The van der Waals surface area contributed by atoms with E-state index in [9.17, 15) is 4.79 Å². The first-order chi connectivity index (χ1) is 14.5. The van der Waals surface area contributed by atoms with Crippen LogP contribution in [0.2, 0.25) is 0 Å². The van der Waals surface area contributed by atoms with Crippen LogP contribution >= 0.6 is 0 Å². The molecule has 7 nitrogen and oxygen atoms in total. The number of carbonyl (C=O) groups is 1. The number of hydrogen-bond donors (Lipinski definition) is 1. The van der Waals surface area contributed by atoms with Gasteiger partial charge in [0.15, 0.2) is 0 Å². The minimum absolute atomic E-state index is 0.193. The largest absolute Gasteiger partial charge is 0.355 e. The Morgan fingerprint density at radius 1 is 1.00 bits per heavy atom. The molecule has 4 aromatic rings. The molecule has 4 rings (SSSR count). The molecule has 2 heterocycles. The number of aromatic nitrogens is 4. The Morgan fingerprint density at radius 2 is 1.70 bits per heavy atom. The van der Waals surface area contributed by atoms with Crippen molar-refractivity contribution in [3.8, 4) is 0 Å². The molecule has 150 valence electrons. The Morgan fingerprint density at radius 3 is 2.40 bits per heavy atom. The lowest BCUT2D eigenvalue weighted by Crippen LogP contribution is -2.18. The van der Waals surface area contributed by atoms with E-state index >= 15 is 0 Å². The molecule has 7 heteroatoms. The lowest BCUT2D eigenvalue weighted by atomic mass is 10.1. The molecule has 0 radical (unpaired) electrons. The van der Waals surface area contributed by atoms with Gasteiger partial charge in [0.1, 0.15) is 17.5 Å². The molecule has 0 atom stereocenters. The topological polar surface area (TPSA) is 83.9 Å². The molecule has 1 amide bonds. The van der Waals surface area contributed by atoms with Gasteiger partial charge < -0.3 is 10.2 Å². The second-order valence-corrected chi connectivity index (χ2v) is 6.98. The average Bonchev–Trinajstić information content (AvgIpc) is 2.78. The Labute approximate surface area is 174 Å². The summed E-state index contributed by atoms with van der Waals surface area (Å²) in [6.45, 7) is 1.91. The van der Waals surface area contributed by atoms with E-state index in [0.717, 1.165) is 33.8 Å². The van der Waals surface area contributed by atoms with Gasteiger partial charge in [0.05, 0.1) is 11.1 Å². The molecule has 0 spiro atoms. The minimum Gasteiger partial charge on any atom is -0.355 e. The minimum atomic E-state index is -0.193. The molecular weight excluding hydrogens is 376 g/mol. The summed E-state index contributed by atoms with van der Waals surface area (Å²) in [5.41, 5.74) is 3.49. The summed E-state index contributed by atoms with van der Waals surface area (Å²) >= 11 is 0. The van der Waals surface area contributed by atoms with Crippen LogP contribution in [0.5, 0.6) is 0 Å². The molecule has 0 aliphatic heterocycles. The number of para-hydroxylation sites is 1. The number of fused-ring (bicyclic) bond motifs is 1. The van der Waals surface area contributed by atoms with Gasteiger partial charge in [0.25, 0.3) is 5.91 Å². The molecule has 0 fully saturated rings. The molecule has 2 aromatic carbocycles. The number of nitrogens with zero attached hydrogens (tertiary/aromatic N) is 5. The van der Waals surface area contributed by atoms with E-state index in [4.69, 9.17) is 0 Å². The number of anilines is 2. The third kappa shape index (κ3) is 3.96. The number of aryl methyl sites for hydroxylation is 1. The summed E-state index contributed by atoms with van der Waals surface area (Å²) in [6, 6.07) is 16.2. The van der Waals surface area contributed by atoms with Crippen molar-refractivity contribution in [2.24, 2.45) is 0 Å². The van der Waals surface area contributed by atoms with Crippen molar-refractivity contribution < 1.29 is 4.79 Å². The van der Waals surface area contributed by atoms with Gasteiger partial charge in [-0.2, -0.15) is 0 Å². The lowest BCUT2D eigenvalue weighted by Gasteiger charge is -2.20. The van der Waals surface area contributed by atoms with Crippen molar-refractivity contribution in [3.63, 3.8) is 0 Å². The number of rotatable bonds is 5. The Hall–Kier alpha value is -3.87. The average molecular weight is 398 g/mol. The van der Waals surface area contributed by atoms with Gasteiger partial charge in [-0.25, -0.2) is 19.9 Å². The van der Waals surface area contributed by atoms with E-state index < -0.39 is 0 Å². The predicted octanol–water partition coefficient (Wildman–Crippen LogP) is 3.45. The van der Waals surface area contributed by atoms with Crippen LogP contribution in [0.1, 0.15) is 27.6 Å². The van der Waals surface area contributed by atoms with Crippen LogP contribution < -0.4 is 10.2 Å². The molecule has 1 N–H and O–H groups in total. The molecule has 0 saturated carbocycles. The van der Waals surface area contributed by atoms with Crippen LogP contribution in [0.4, 0.5) is 11.5 Å². The fourth-order valence-corrected chi connectivity index (χ4v) is 3.28. The van der Waals surface area contributed by atoms with E-state index in [1.165, 1.54) is 0 Å². The SMILES string of the molecule is CNC(=O)c1cnc(Cc2ccc(N(C)c3nc(C)nc4ccccc34)cc2)nc1. The third-order valence-corrected chi connectivity index (χ3v) is 4.89. The molecule has 0 bridgehead atoms. The summed E-state index contributed by atoms with van der Waals surface area (Å²) in [6.07, 6.45) is 3.69. The molecule has 2 aromatic heterocycles. The standard InChI is InChI=1S/C23H22N6O/c1-15-27-20-7-5-4-6-19(20)22(28-15)29(3)18-10-8-16(9-11-18)12-21-25-13-17(14-26-21)23(30)24-2/h4-11,13-14H,12H2,1-3H3,(H,24,30). The summed E-state index contributed by atoms with van der Waals surface area (Å²) in [4.78, 5) is 31.4. The highest BCUT2D eigenvalue weighted by Gasteiger charge is 2.12. The van der Waals surface area contributed by atoms with Crippen molar-refractivity contribution in [1.29, 1.82) is 0 Å². The van der Waals surface area contributed by atoms with E-state index in [1.54, 1.807) is 19.4 Å². The summed E-state index contributed by atoms with van der Waals surface area (Å²) < 4.78 is 0. The molecule has 0 unspecified atom stereocenters. The highest BCUT2D eigenvalue weighted by molar-refractivity contribution is 5.93. The molecule has 0 saturated heterocycles. The monoisotopic (exact) mass is 398 g/mol. The van der Waals surface area contributed by atoms with Crippen molar-refractivity contribution in [2.75, 3.05) is 19.0 Å². The van der Waals surface area contributed by atoms with Crippen LogP contribution in [0, 0.1) is 6.92 Å². The Bertz CT molecular complexity index is 1190. The second kappa shape index (κ2) is 8.24. The van der Waals surface area contributed by atoms with Gasteiger partial charge in [0.2, 0.25) is 0 Å².